The molecule has 1 saturated heterocycles. The van der Waals surface area contributed by atoms with E-state index in [2.05, 4.69) is 17.2 Å². The van der Waals surface area contributed by atoms with Gasteiger partial charge in [0.05, 0.1) is 10.6 Å². The Labute approximate surface area is 112 Å². The molecule has 1 aromatic rings. The summed E-state index contributed by atoms with van der Waals surface area (Å²) in [5, 5.41) is 10.2. The lowest BCUT2D eigenvalue weighted by Gasteiger charge is -2.33. The average molecular weight is 267 g/mol. The summed E-state index contributed by atoms with van der Waals surface area (Å²) in [6, 6.07) is 7.78. The highest BCUT2D eigenvalue weighted by Crippen LogP contribution is 2.28. The largest absolute Gasteiger partial charge is 0.371 e. The molecule has 2 nitrogen and oxygen atoms in total. The minimum atomic E-state index is 0.550. The molecule has 17 heavy (non-hydrogen) atoms. The van der Waals surface area contributed by atoms with Gasteiger partial charge in [-0.05, 0) is 37.3 Å². The Morgan fingerprint density at radius 3 is 2.65 bits per heavy atom. The Balaban J connectivity index is 2.09. The van der Waals surface area contributed by atoms with Crippen molar-refractivity contribution in [3.63, 3.8) is 0 Å². The zero-order valence-electron chi connectivity index (χ0n) is 9.82. The maximum Gasteiger partial charge on any atom is 0.101 e. The lowest BCUT2D eigenvalue weighted by molar-refractivity contribution is 0.592. The number of hydrogen-bond acceptors (Lipinski definition) is 3. The van der Waals surface area contributed by atoms with Crippen LogP contribution in [0, 0.1) is 11.3 Å². The van der Waals surface area contributed by atoms with Crippen LogP contribution in [0.4, 0.5) is 5.69 Å². The van der Waals surface area contributed by atoms with Crippen LogP contribution in [0.25, 0.3) is 0 Å². The van der Waals surface area contributed by atoms with Crippen LogP contribution in [0.5, 0.6) is 0 Å². The number of thioether (sulfide) groups is 1. The lowest BCUT2D eigenvalue weighted by Crippen LogP contribution is -2.34. The fraction of sp³-hybridized carbons (Fsp3) is 0.462. The summed E-state index contributed by atoms with van der Waals surface area (Å²) >= 11 is 8.01. The predicted octanol–water partition coefficient (Wildman–Crippen LogP) is 3.54. The van der Waals surface area contributed by atoms with E-state index in [0.717, 1.165) is 24.0 Å². The van der Waals surface area contributed by atoms with Gasteiger partial charge in [0.25, 0.3) is 0 Å². The fourth-order valence-electron chi connectivity index (χ4n) is 2.14. The van der Waals surface area contributed by atoms with E-state index in [9.17, 15) is 0 Å². The smallest absolute Gasteiger partial charge is 0.101 e. The first-order valence-corrected chi connectivity index (χ1v) is 7.38. The van der Waals surface area contributed by atoms with Gasteiger partial charge in [0.1, 0.15) is 6.07 Å². The van der Waals surface area contributed by atoms with Crippen LogP contribution >= 0.6 is 23.4 Å². The second-order valence-electron chi connectivity index (χ2n) is 4.20. The first-order chi connectivity index (χ1) is 8.24. The molecule has 1 aliphatic rings. The van der Waals surface area contributed by atoms with E-state index in [4.69, 9.17) is 16.9 Å². The van der Waals surface area contributed by atoms with Gasteiger partial charge in [0, 0.05) is 24.0 Å². The number of nitriles is 1. The number of piperidine rings is 1. The fourth-order valence-corrected chi connectivity index (χ4v) is 3.04. The molecule has 90 valence electrons. The summed E-state index contributed by atoms with van der Waals surface area (Å²) in [6.07, 6.45) is 4.62. The van der Waals surface area contributed by atoms with Crippen LogP contribution < -0.4 is 4.90 Å². The van der Waals surface area contributed by atoms with Gasteiger partial charge in [-0.25, -0.2) is 0 Å². The zero-order valence-corrected chi connectivity index (χ0v) is 11.4. The normalized spacial score (nSPS) is 16.9. The summed E-state index contributed by atoms with van der Waals surface area (Å²) in [5.41, 5.74) is 1.68. The third kappa shape index (κ3) is 2.88. The molecule has 1 aliphatic heterocycles. The average Bonchev–Trinajstić information content (AvgIpc) is 2.39. The van der Waals surface area contributed by atoms with E-state index in [1.165, 1.54) is 12.8 Å². The van der Waals surface area contributed by atoms with Crippen LogP contribution in [0.1, 0.15) is 18.4 Å². The van der Waals surface area contributed by atoms with Crippen LogP contribution in [-0.4, -0.2) is 24.6 Å². The SMILES string of the molecule is CSC1CCN(c2ccc(C#N)c(Cl)c2)CC1. The van der Waals surface area contributed by atoms with E-state index in [1.807, 2.05) is 23.9 Å². The topological polar surface area (TPSA) is 27.0 Å². The van der Waals surface area contributed by atoms with E-state index < -0.39 is 0 Å². The first kappa shape index (κ1) is 12.6. The van der Waals surface area contributed by atoms with Crippen molar-refractivity contribution >= 4 is 29.1 Å². The van der Waals surface area contributed by atoms with Crippen molar-refractivity contribution in [3.05, 3.63) is 28.8 Å². The summed E-state index contributed by atoms with van der Waals surface area (Å²) < 4.78 is 0. The molecular formula is C13H15ClN2S. The monoisotopic (exact) mass is 266 g/mol. The van der Waals surface area contributed by atoms with E-state index in [1.54, 1.807) is 6.07 Å². The van der Waals surface area contributed by atoms with E-state index >= 15 is 0 Å². The molecular weight excluding hydrogens is 252 g/mol. The molecule has 1 aromatic carbocycles. The lowest BCUT2D eigenvalue weighted by atomic mass is 10.1. The molecule has 0 unspecified atom stereocenters. The number of nitrogens with zero attached hydrogens (tertiary/aromatic N) is 2. The summed E-state index contributed by atoms with van der Waals surface area (Å²) in [7, 11) is 0. The van der Waals surface area contributed by atoms with Gasteiger partial charge in [-0.3, -0.25) is 0 Å². The molecule has 4 heteroatoms. The van der Waals surface area contributed by atoms with Crippen molar-refractivity contribution in [2.75, 3.05) is 24.2 Å². The van der Waals surface area contributed by atoms with Crippen molar-refractivity contribution in [1.82, 2.24) is 0 Å². The molecule has 0 atom stereocenters. The van der Waals surface area contributed by atoms with Gasteiger partial charge >= 0.3 is 0 Å². The summed E-state index contributed by atoms with van der Waals surface area (Å²) in [5.74, 6) is 0. The number of hydrogen-bond donors (Lipinski definition) is 0. The Hall–Kier alpha value is -0.850. The maximum atomic E-state index is 8.84. The van der Waals surface area contributed by atoms with Crippen molar-refractivity contribution in [1.29, 1.82) is 5.26 Å². The minimum Gasteiger partial charge on any atom is -0.371 e. The maximum absolute atomic E-state index is 8.84. The quantitative estimate of drug-likeness (QED) is 0.819. The number of benzene rings is 1. The van der Waals surface area contributed by atoms with Gasteiger partial charge in [0.2, 0.25) is 0 Å². The highest BCUT2D eigenvalue weighted by Gasteiger charge is 2.18. The minimum absolute atomic E-state index is 0.550. The molecule has 0 aromatic heterocycles. The Kier molecular flexibility index (Phi) is 4.20. The van der Waals surface area contributed by atoms with Gasteiger partial charge in [-0.15, -0.1) is 0 Å². The molecule has 0 N–H and O–H groups in total. The molecule has 0 aliphatic carbocycles. The summed E-state index contributed by atoms with van der Waals surface area (Å²) in [4.78, 5) is 2.35. The Morgan fingerprint density at radius 1 is 1.41 bits per heavy atom. The molecule has 0 saturated carbocycles. The van der Waals surface area contributed by atoms with Gasteiger partial charge < -0.3 is 4.90 Å². The molecule has 0 bridgehead atoms. The molecule has 2 rings (SSSR count). The third-order valence-electron chi connectivity index (χ3n) is 3.21. The van der Waals surface area contributed by atoms with Gasteiger partial charge in [-0.1, -0.05) is 11.6 Å². The number of anilines is 1. The zero-order chi connectivity index (χ0) is 12.3. The van der Waals surface area contributed by atoms with E-state index in [-0.39, 0.29) is 0 Å². The number of rotatable bonds is 2. The molecule has 1 heterocycles. The second-order valence-corrected chi connectivity index (χ2v) is 5.74. The van der Waals surface area contributed by atoms with Gasteiger partial charge in [-0.2, -0.15) is 17.0 Å². The van der Waals surface area contributed by atoms with Crippen LogP contribution in [0.3, 0.4) is 0 Å². The van der Waals surface area contributed by atoms with Crippen molar-refractivity contribution in [3.8, 4) is 6.07 Å². The highest BCUT2D eigenvalue weighted by atomic mass is 35.5. The highest BCUT2D eigenvalue weighted by molar-refractivity contribution is 7.99. The van der Waals surface area contributed by atoms with E-state index in [0.29, 0.717) is 10.6 Å². The van der Waals surface area contributed by atoms with Crippen LogP contribution in [0.2, 0.25) is 5.02 Å². The predicted molar refractivity (Wildman–Crippen MR) is 74.9 cm³/mol. The third-order valence-corrected chi connectivity index (χ3v) is 4.66. The second kappa shape index (κ2) is 5.66. The Bertz CT molecular complexity index is 434. The molecule has 0 spiro atoms. The molecule has 1 fully saturated rings. The molecule has 0 amide bonds. The van der Waals surface area contributed by atoms with Gasteiger partial charge in [0.15, 0.2) is 0 Å². The standard InChI is InChI=1S/C13H15ClN2S/c1-17-12-4-6-16(7-5-12)11-3-2-10(9-15)13(14)8-11/h2-3,8,12H,4-7H2,1H3. The van der Waals surface area contributed by atoms with Crippen LogP contribution in [0.15, 0.2) is 18.2 Å². The van der Waals surface area contributed by atoms with Crippen molar-refractivity contribution in [2.24, 2.45) is 0 Å². The summed E-state index contributed by atoms with van der Waals surface area (Å²) in [6.45, 7) is 2.15. The molecule has 0 radical (unpaired) electrons. The Morgan fingerprint density at radius 2 is 2.12 bits per heavy atom. The number of halogens is 1. The van der Waals surface area contributed by atoms with Crippen molar-refractivity contribution in [2.45, 2.75) is 18.1 Å². The van der Waals surface area contributed by atoms with Crippen molar-refractivity contribution < 1.29 is 0 Å². The van der Waals surface area contributed by atoms with Crippen LogP contribution in [-0.2, 0) is 0 Å². The first-order valence-electron chi connectivity index (χ1n) is 5.72.